The van der Waals surface area contributed by atoms with Crippen LogP contribution in [0.2, 0.25) is 0 Å². The number of pyridine rings is 1. The first-order chi connectivity index (χ1) is 16.7. The highest BCUT2D eigenvalue weighted by Crippen LogP contribution is 2.38. The average Bonchev–Trinajstić information content (AvgIpc) is 3.27. The van der Waals surface area contributed by atoms with Gasteiger partial charge in [-0.05, 0) is 40.4 Å². The van der Waals surface area contributed by atoms with E-state index in [1.807, 2.05) is 25.1 Å². The number of piperidine rings is 1. The van der Waals surface area contributed by atoms with E-state index in [9.17, 15) is 18.0 Å². The van der Waals surface area contributed by atoms with Crippen LogP contribution in [0.25, 0.3) is 10.9 Å². The number of amides is 1. The van der Waals surface area contributed by atoms with Gasteiger partial charge in [0.2, 0.25) is 11.7 Å². The molecule has 8 nitrogen and oxygen atoms in total. The molecule has 2 aliphatic heterocycles. The molecule has 2 atom stereocenters. The Hall–Kier alpha value is -2.89. The van der Waals surface area contributed by atoms with Gasteiger partial charge in [0.15, 0.2) is 5.82 Å². The van der Waals surface area contributed by atoms with Crippen molar-refractivity contribution >= 4 is 38.4 Å². The van der Waals surface area contributed by atoms with Crippen LogP contribution < -0.4 is 9.64 Å². The highest BCUT2D eigenvalue weighted by molar-refractivity contribution is 9.10. The van der Waals surface area contributed by atoms with Crippen molar-refractivity contribution in [2.45, 2.75) is 32.6 Å². The molecule has 0 bridgehead atoms. The standard InChI is InChI=1S/C23H24BrF3N6O2/c1-13-11-31(20-16-4-3-14(35-2)9-18(16)28-10-17(20)24)6-5-15(13)21(34)32-7-8-33-19(12-32)29-30-22(33)23(25,26)27/h3-4,9-10,13,15H,5-8,11-12H2,1-2H3. The summed E-state index contributed by atoms with van der Waals surface area (Å²) in [5.74, 6) is -0.303. The zero-order valence-electron chi connectivity index (χ0n) is 19.2. The molecule has 2 aliphatic rings. The van der Waals surface area contributed by atoms with E-state index in [1.54, 1.807) is 18.2 Å². The summed E-state index contributed by atoms with van der Waals surface area (Å²) in [5.41, 5.74) is 1.85. The fourth-order valence-electron chi connectivity index (χ4n) is 5.09. The first-order valence-electron chi connectivity index (χ1n) is 11.3. The van der Waals surface area contributed by atoms with Crippen LogP contribution in [0.15, 0.2) is 28.9 Å². The molecule has 2 unspecified atom stereocenters. The van der Waals surface area contributed by atoms with Crippen LogP contribution in [0.5, 0.6) is 5.75 Å². The van der Waals surface area contributed by atoms with E-state index in [-0.39, 0.29) is 43.2 Å². The second kappa shape index (κ2) is 8.96. The van der Waals surface area contributed by atoms with Gasteiger partial charge in [-0.2, -0.15) is 13.2 Å². The van der Waals surface area contributed by atoms with E-state index >= 15 is 0 Å². The predicted octanol–water partition coefficient (Wildman–Crippen LogP) is 4.12. The van der Waals surface area contributed by atoms with Gasteiger partial charge in [-0.15, -0.1) is 10.2 Å². The van der Waals surface area contributed by atoms with E-state index in [1.165, 1.54) is 0 Å². The maximum absolute atomic E-state index is 13.4. The van der Waals surface area contributed by atoms with Gasteiger partial charge >= 0.3 is 6.18 Å². The number of fused-ring (bicyclic) bond motifs is 2. The summed E-state index contributed by atoms with van der Waals surface area (Å²) in [5, 5.41) is 7.99. The summed E-state index contributed by atoms with van der Waals surface area (Å²) in [6.07, 6.45) is -2.14. The summed E-state index contributed by atoms with van der Waals surface area (Å²) in [7, 11) is 1.62. The van der Waals surface area contributed by atoms with E-state index in [0.717, 1.165) is 31.4 Å². The quantitative estimate of drug-likeness (QED) is 0.486. The molecule has 0 spiro atoms. The maximum Gasteiger partial charge on any atom is 0.451 e. The molecule has 0 radical (unpaired) electrons. The monoisotopic (exact) mass is 552 g/mol. The van der Waals surface area contributed by atoms with Gasteiger partial charge in [0, 0.05) is 49.7 Å². The van der Waals surface area contributed by atoms with Gasteiger partial charge in [-0.1, -0.05) is 6.92 Å². The molecule has 1 saturated heterocycles. The van der Waals surface area contributed by atoms with Crippen molar-refractivity contribution < 1.29 is 22.7 Å². The predicted molar refractivity (Wildman–Crippen MR) is 126 cm³/mol. The van der Waals surface area contributed by atoms with Crippen LogP contribution in [0.3, 0.4) is 0 Å². The lowest BCUT2D eigenvalue weighted by Crippen LogP contribution is -2.49. The number of nitrogens with zero attached hydrogens (tertiary/aromatic N) is 6. The Morgan fingerprint density at radius 2 is 2.00 bits per heavy atom. The highest BCUT2D eigenvalue weighted by Gasteiger charge is 2.41. The molecular weight excluding hydrogens is 529 g/mol. The zero-order valence-corrected chi connectivity index (χ0v) is 20.8. The average molecular weight is 553 g/mol. The minimum absolute atomic E-state index is 0.0373. The molecule has 1 fully saturated rings. The van der Waals surface area contributed by atoms with Crippen molar-refractivity contribution in [3.63, 3.8) is 0 Å². The Morgan fingerprint density at radius 3 is 2.71 bits per heavy atom. The van der Waals surface area contributed by atoms with E-state index in [2.05, 4.69) is 36.0 Å². The van der Waals surface area contributed by atoms with E-state index in [4.69, 9.17) is 4.74 Å². The number of alkyl halides is 3. The third-order valence-corrected chi connectivity index (χ3v) is 7.44. The molecule has 0 aliphatic carbocycles. The van der Waals surface area contributed by atoms with Crippen LogP contribution in [-0.4, -0.2) is 57.3 Å². The summed E-state index contributed by atoms with van der Waals surface area (Å²) < 4.78 is 46.6. The Balaban J connectivity index is 1.31. The number of carbonyl (C=O) groups excluding carboxylic acids is 1. The molecule has 35 heavy (non-hydrogen) atoms. The van der Waals surface area contributed by atoms with Crippen molar-refractivity contribution in [1.82, 2.24) is 24.6 Å². The molecule has 3 aromatic rings. The number of hydrogen-bond donors (Lipinski definition) is 0. The number of anilines is 1. The van der Waals surface area contributed by atoms with E-state index in [0.29, 0.717) is 19.5 Å². The van der Waals surface area contributed by atoms with Crippen molar-refractivity contribution in [1.29, 1.82) is 0 Å². The number of aromatic nitrogens is 4. The SMILES string of the molecule is COc1ccc2c(N3CCC(C(=O)N4CCn5c(nnc5C(F)(F)F)C4)C(C)C3)c(Br)cnc2c1. The van der Waals surface area contributed by atoms with Crippen LogP contribution in [0, 0.1) is 11.8 Å². The minimum atomic E-state index is -4.56. The number of rotatable bonds is 3. The van der Waals surface area contributed by atoms with Gasteiger partial charge in [0.1, 0.15) is 5.75 Å². The summed E-state index contributed by atoms with van der Waals surface area (Å²) in [6, 6.07) is 5.78. The fraction of sp³-hybridized carbons (Fsp3) is 0.478. The zero-order chi connectivity index (χ0) is 24.9. The largest absolute Gasteiger partial charge is 0.497 e. The Bertz CT molecular complexity index is 1280. The van der Waals surface area contributed by atoms with Crippen molar-refractivity contribution in [3.8, 4) is 5.75 Å². The lowest BCUT2D eigenvalue weighted by molar-refractivity contribution is -0.148. The third-order valence-electron chi connectivity index (χ3n) is 6.86. The van der Waals surface area contributed by atoms with E-state index < -0.39 is 12.0 Å². The number of methoxy groups -OCH3 is 1. The number of halogens is 4. The Morgan fingerprint density at radius 1 is 1.20 bits per heavy atom. The topological polar surface area (TPSA) is 76.4 Å². The first-order valence-corrected chi connectivity index (χ1v) is 12.1. The molecule has 2 aromatic heterocycles. The first kappa shape index (κ1) is 23.8. The number of ether oxygens (including phenoxy) is 1. The molecule has 0 N–H and O–H groups in total. The third kappa shape index (κ3) is 4.32. The maximum atomic E-state index is 13.4. The van der Waals surface area contributed by atoms with Gasteiger partial charge in [-0.3, -0.25) is 9.78 Å². The second-order valence-corrected chi connectivity index (χ2v) is 9.86. The lowest BCUT2D eigenvalue weighted by atomic mass is 9.85. The highest BCUT2D eigenvalue weighted by atomic mass is 79.9. The Labute approximate surface area is 208 Å². The number of benzene rings is 1. The van der Waals surface area contributed by atoms with Crippen molar-refractivity contribution in [2.75, 3.05) is 31.6 Å². The number of carbonyl (C=O) groups is 1. The van der Waals surface area contributed by atoms with Gasteiger partial charge in [0.05, 0.1) is 29.3 Å². The smallest absolute Gasteiger partial charge is 0.451 e. The van der Waals surface area contributed by atoms with Crippen LogP contribution >= 0.6 is 15.9 Å². The molecule has 186 valence electrons. The molecule has 1 aromatic carbocycles. The molecule has 1 amide bonds. The van der Waals surface area contributed by atoms with Crippen LogP contribution in [-0.2, 0) is 24.1 Å². The second-order valence-electron chi connectivity index (χ2n) is 9.01. The molecular formula is C23H24BrF3N6O2. The summed E-state index contributed by atoms with van der Waals surface area (Å²) >= 11 is 3.64. The molecule has 4 heterocycles. The lowest BCUT2D eigenvalue weighted by Gasteiger charge is -2.40. The van der Waals surface area contributed by atoms with Crippen molar-refractivity contribution in [2.24, 2.45) is 11.8 Å². The minimum Gasteiger partial charge on any atom is -0.497 e. The molecule has 12 heteroatoms. The van der Waals surface area contributed by atoms with Crippen LogP contribution in [0.1, 0.15) is 25.0 Å². The van der Waals surface area contributed by atoms with Gasteiger partial charge in [-0.25, -0.2) is 0 Å². The summed E-state index contributed by atoms with van der Waals surface area (Å²) in [4.78, 5) is 21.7. The van der Waals surface area contributed by atoms with Crippen LogP contribution in [0.4, 0.5) is 18.9 Å². The van der Waals surface area contributed by atoms with Gasteiger partial charge in [0.25, 0.3) is 0 Å². The molecule has 5 rings (SSSR count). The van der Waals surface area contributed by atoms with Gasteiger partial charge < -0.3 is 19.1 Å². The van der Waals surface area contributed by atoms with Crippen molar-refractivity contribution in [3.05, 3.63) is 40.5 Å². The fourth-order valence-corrected chi connectivity index (χ4v) is 5.66. The number of hydrogen-bond acceptors (Lipinski definition) is 6. The molecule has 0 saturated carbocycles. The normalized spacial score (nSPS) is 20.7. The Kier molecular flexibility index (Phi) is 6.10. The summed E-state index contributed by atoms with van der Waals surface area (Å²) in [6.45, 7) is 3.67.